The molecule has 1 aliphatic rings. The normalized spacial score (nSPS) is 17.6. The Hall–Kier alpha value is -1.20. The minimum absolute atomic E-state index is 0.0765. The largest absolute Gasteiger partial charge is 0.472 e. The molecule has 1 saturated heterocycles. The van der Waals surface area contributed by atoms with Crippen LogP contribution in [0.25, 0.3) is 0 Å². The first-order valence-corrected chi connectivity index (χ1v) is 6.90. The van der Waals surface area contributed by atoms with E-state index < -0.39 is 0 Å². The molecular formula is C14H22FN3O. The summed E-state index contributed by atoms with van der Waals surface area (Å²) in [6, 6.07) is 1.69. The monoisotopic (exact) mass is 267 g/mol. The maximum Gasteiger partial charge on any atom is 0.250 e. The summed E-state index contributed by atoms with van der Waals surface area (Å²) in [6.45, 7) is 5.29. The van der Waals surface area contributed by atoms with E-state index in [4.69, 9.17) is 4.74 Å². The van der Waals surface area contributed by atoms with Crippen LogP contribution in [0.1, 0.15) is 25.3 Å². The zero-order valence-corrected chi connectivity index (χ0v) is 11.7. The zero-order chi connectivity index (χ0) is 13.7. The number of hydrogen-bond acceptors (Lipinski definition) is 4. The lowest BCUT2D eigenvalue weighted by atomic mass is 10.1. The number of hydrogen-bond donors (Lipinski definition) is 1. The Labute approximate surface area is 114 Å². The molecule has 1 aromatic heterocycles. The molecule has 0 spiro atoms. The lowest BCUT2D eigenvalue weighted by molar-refractivity contribution is 0.105. The van der Waals surface area contributed by atoms with Gasteiger partial charge in [-0.15, -0.1) is 0 Å². The minimum Gasteiger partial charge on any atom is -0.472 e. The van der Waals surface area contributed by atoms with Crippen molar-refractivity contribution in [3.63, 3.8) is 0 Å². The highest BCUT2D eigenvalue weighted by Crippen LogP contribution is 2.21. The van der Waals surface area contributed by atoms with Gasteiger partial charge in [0.1, 0.15) is 6.10 Å². The lowest BCUT2D eigenvalue weighted by Gasteiger charge is -2.29. The maximum atomic E-state index is 14.2. The molecule has 1 aromatic rings. The number of likely N-dealkylation sites (tertiary alicyclic amines) is 1. The average molecular weight is 267 g/mol. The first-order valence-electron chi connectivity index (χ1n) is 6.90. The van der Waals surface area contributed by atoms with Crippen LogP contribution in [-0.2, 0) is 6.54 Å². The van der Waals surface area contributed by atoms with Crippen molar-refractivity contribution in [3.05, 3.63) is 23.6 Å². The van der Waals surface area contributed by atoms with Gasteiger partial charge in [0, 0.05) is 31.4 Å². The van der Waals surface area contributed by atoms with Crippen LogP contribution in [0.2, 0.25) is 0 Å². The summed E-state index contributed by atoms with van der Waals surface area (Å²) >= 11 is 0. The first-order chi connectivity index (χ1) is 9.20. The van der Waals surface area contributed by atoms with Gasteiger partial charge in [0.2, 0.25) is 0 Å². The van der Waals surface area contributed by atoms with E-state index in [0.29, 0.717) is 12.1 Å². The van der Waals surface area contributed by atoms with E-state index in [1.54, 1.807) is 12.3 Å². The molecular weight excluding hydrogens is 245 g/mol. The van der Waals surface area contributed by atoms with Gasteiger partial charge in [-0.1, -0.05) is 6.92 Å². The third-order valence-electron chi connectivity index (χ3n) is 3.45. The van der Waals surface area contributed by atoms with Crippen LogP contribution < -0.4 is 10.1 Å². The van der Waals surface area contributed by atoms with E-state index in [2.05, 4.69) is 22.2 Å². The summed E-state index contributed by atoms with van der Waals surface area (Å²) in [5.74, 6) is -0.188. The Bertz CT molecular complexity index is 406. The SMILES string of the molecule is CCNCc1ccnc(OC2CCN(C)CC2)c1F. The fourth-order valence-electron chi connectivity index (χ4n) is 2.20. The molecule has 0 atom stereocenters. The third kappa shape index (κ3) is 3.88. The first kappa shape index (κ1) is 14.2. The molecule has 106 valence electrons. The Morgan fingerprint density at radius 2 is 2.21 bits per heavy atom. The number of piperidine rings is 1. The van der Waals surface area contributed by atoms with E-state index >= 15 is 0 Å². The second-order valence-electron chi connectivity index (χ2n) is 4.99. The predicted octanol–water partition coefficient (Wildman–Crippen LogP) is 1.80. The van der Waals surface area contributed by atoms with Crippen molar-refractivity contribution in [1.82, 2.24) is 15.2 Å². The van der Waals surface area contributed by atoms with Gasteiger partial charge in [0.05, 0.1) is 0 Å². The topological polar surface area (TPSA) is 37.4 Å². The molecule has 0 aliphatic carbocycles. The average Bonchev–Trinajstić information content (AvgIpc) is 2.42. The van der Waals surface area contributed by atoms with Gasteiger partial charge in [-0.3, -0.25) is 0 Å². The van der Waals surface area contributed by atoms with Crippen LogP contribution in [0.5, 0.6) is 5.88 Å². The number of nitrogens with zero attached hydrogens (tertiary/aromatic N) is 2. The fraction of sp³-hybridized carbons (Fsp3) is 0.643. The van der Waals surface area contributed by atoms with Crippen molar-refractivity contribution in [2.24, 2.45) is 0 Å². The fourth-order valence-corrected chi connectivity index (χ4v) is 2.20. The quantitative estimate of drug-likeness (QED) is 0.883. The number of rotatable bonds is 5. The number of nitrogens with one attached hydrogen (secondary N) is 1. The Kier molecular flexibility index (Phi) is 5.10. The van der Waals surface area contributed by atoms with Gasteiger partial charge >= 0.3 is 0 Å². The van der Waals surface area contributed by atoms with Crippen LogP contribution in [0, 0.1) is 5.82 Å². The Balaban J connectivity index is 1.99. The minimum atomic E-state index is -0.331. The van der Waals surface area contributed by atoms with Crippen molar-refractivity contribution >= 4 is 0 Å². The highest BCUT2D eigenvalue weighted by molar-refractivity contribution is 5.23. The molecule has 0 radical (unpaired) electrons. The summed E-state index contributed by atoms with van der Waals surface area (Å²) < 4.78 is 19.9. The summed E-state index contributed by atoms with van der Waals surface area (Å²) in [5.41, 5.74) is 0.611. The molecule has 0 amide bonds. The van der Waals surface area contributed by atoms with Crippen LogP contribution in [0.15, 0.2) is 12.3 Å². The number of aromatic nitrogens is 1. The van der Waals surface area contributed by atoms with Gasteiger partial charge in [0.25, 0.3) is 5.88 Å². The maximum absolute atomic E-state index is 14.2. The third-order valence-corrected chi connectivity index (χ3v) is 3.45. The van der Waals surface area contributed by atoms with E-state index in [0.717, 1.165) is 32.5 Å². The molecule has 0 unspecified atom stereocenters. The molecule has 1 aliphatic heterocycles. The zero-order valence-electron chi connectivity index (χ0n) is 11.7. The highest BCUT2D eigenvalue weighted by Gasteiger charge is 2.20. The molecule has 5 heteroatoms. The van der Waals surface area contributed by atoms with Gasteiger partial charge in [-0.05, 0) is 32.5 Å². The van der Waals surface area contributed by atoms with Crippen LogP contribution in [0.4, 0.5) is 4.39 Å². The van der Waals surface area contributed by atoms with Gasteiger partial charge in [-0.2, -0.15) is 0 Å². The van der Waals surface area contributed by atoms with Gasteiger partial charge in [0.15, 0.2) is 5.82 Å². The van der Waals surface area contributed by atoms with Crippen molar-refractivity contribution in [2.45, 2.75) is 32.4 Å². The van der Waals surface area contributed by atoms with E-state index in [9.17, 15) is 4.39 Å². The van der Waals surface area contributed by atoms with Gasteiger partial charge < -0.3 is 15.0 Å². The smallest absolute Gasteiger partial charge is 0.250 e. The lowest BCUT2D eigenvalue weighted by Crippen LogP contribution is -2.36. The number of halogens is 1. The molecule has 0 bridgehead atoms. The Morgan fingerprint density at radius 1 is 1.47 bits per heavy atom. The molecule has 0 saturated carbocycles. The predicted molar refractivity (Wildman–Crippen MR) is 72.7 cm³/mol. The van der Waals surface area contributed by atoms with Gasteiger partial charge in [-0.25, -0.2) is 9.37 Å². The van der Waals surface area contributed by atoms with E-state index in [1.807, 2.05) is 6.92 Å². The van der Waals surface area contributed by atoms with Crippen LogP contribution >= 0.6 is 0 Å². The summed E-state index contributed by atoms with van der Waals surface area (Å²) in [7, 11) is 2.09. The second-order valence-corrected chi connectivity index (χ2v) is 4.99. The van der Waals surface area contributed by atoms with Crippen molar-refractivity contribution < 1.29 is 9.13 Å². The molecule has 4 nitrogen and oxygen atoms in total. The Morgan fingerprint density at radius 3 is 2.89 bits per heavy atom. The molecule has 19 heavy (non-hydrogen) atoms. The number of pyridine rings is 1. The molecule has 2 rings (SSSR count). The highest BCUT2D eigenvalue weighted by atomic mass is 19.1. The molecule has 1 N–H and O–H groups in total. The summed E-state index contributed by atoms with van der Waals surface area (Å²) in [5, 5.41) is 3.11. The standard InChI is InChI=1S/C14H22FN3O/c1-3-16-10-11-4-7-17-14(13(11)15)19-12-5-8-18(2)9-6-12/h4,7,12,16H,3,5-6,8-10H2,1-2H3. The van der Waals surface area contributed by atoms with Crippen molar-refractivity contribution in [1.29, 1.82) is 0 Å². The second kappa shape index (κ2) is 6.82. The van der Waals surface area contributed by atoms with Crippen LogP contribution in [-0.4, -0.2) is 42.7 Å². The van der Waals surface area contributed by atoms with E-state index in [-0.39, 0.29) is 17.8 Å². The summed E-state index contributed by atoms with van der Waals surface area (Å²) in [4.78, 5) is 6.28. The van der Waals surface area contributed by atoms with Crippen molar-refractivity contribution in [3.8, 4) is 5.88 Å². The van der Waals surface area contributed by atoms with Crippen molar-refractivity contribution in [2.75, 3.05) is 26.7 Å². The molecule has 1 fully saturated rings. The van der Waals surface area contributed by atoms with E-state index in [1.165, 1.54) is 0 Å². The molecule has 2 heterocycles. The number of ether oxygens (including phenoxy) is 1. The van der Waals surface area contributed by atoms with Crippen LogP contribution in [0.3, 0.4) is 0 Å². The molecule has 0 aromatic carbocycles. The summed E-state index contributed by atoms with van der Waals surface area (Å²) in [6.07, 6.45) is 3.54.